The zero-order chi connectivity index (χ0) is 20.7. The fraction of sp³-hybridized carbons (Fsp3) is 0.238. The van der Waals surface area contributed by atoms with Gasteiger partial charge in [-0.3, -0.25) is 14.0 Å². The summed E-state index contributed by atoms with van der Waals surface area (Å²) in [6.45, 7) is 4.14. The number of benzene rings is 1. The largest absolute Gasteiger partial charge is 0.361 e. The zero-order valence-electron chi connectivity index (χ0n) is 16.7. The summed E-state index contributed by atoms with van der Waals surface area (Å²) in [5.74, 6) is 0.759. The van der Waals surface area contributed by atoms with Gasteiger partial charge >= 0.3 is 5.69 Å². The minimum absolute atomic E-state index is 0.310. The van der Waals surface area contributed by atoms with E-state index in [-0.39, 0.29) is 11.2 Å². The molecule has 0 aliphatic carbocycles. The average Bonchev–Trinajstić information content (AvgIpc) is 3.34. The van der Waals surface area contributed by atoms with Crippen molar-refractivity contribution in [3.05, 3.63) is 80.6 Å². The van der Waals surface area contributed by atoms with Crippen LogP contribution < -0.4 is 11.2 Å². The summed E-state index contributed by atoms with van der Waals surface area (Å²) in [5, 5.41) is 8.60. The molecule has 0 unspecified atom stereocenters. The third-order valence-electron chi connectivity index (χ3n) is 5.05. The Kier molecular flexibility index (Phi) is 4.54. The summed E-state index contributed by atoms with van der Waals surface area (Å²) in [6.07, 6.45) is 1.88. The van der Waals surface area contributed by atoms with E-state index in [0.29, 0.717) is 17.8 Å². The van der Waals surface area contributed by atoms with Gasteiger partial charge in [-0.15, -0.1) is 0 Å². The lowest BCUT2D eigenvalue weighted by atomic mass is 10.0. The highest BCUT2D eigenvalue weighted by Gasteiger charge is 2.15. The lowest BCUT2D eigenvalue weighted by Crippen LogP contribution is -2.39. The molecule has 3 heterocycles. The zero-order valence-corrected chi connectivity index (χ0v) is 16.7. The monoisotopic (exact) mass is 391 g/mol. The summed E-state index contributed by atoms with van der Waals surface area (Å²) in [5.41, 5.74) is 3.70. The summed E-state index contributed by atoms with van der Waals surface area (Å²) in [4.78, 5) is 24.9. The Labute approximate surface area is 166 Å². The fourth-order valence-corrected chi connectivity index (χ4v) is 3.37. The van der Waals surface area contributed by atoms with Crippen LogP contribution in [0.1, 0.15) is 17.1 Å². The van der Waals surface area contributed by atoms with E-state index in [0.717, 1.165) is 32.8 Å². The number of aryl methyl sites for hydroxylation is 1. The second-order valence-electron chi connectivity index (χ2n) is 7.07. The second-order valence-corrected chi connectivity index (χ2v) is 7.07. The standard InChI is InChI=1S/C21H21N5O3/c1-13-10-17(23-29-13)12-26-9-8-18(22-26)15-6-5-7-16(11-15)19-14(2)24(3)21(28)25(4)20(19)27/h5-11H,12H2,1-4H3. The maximum Gasteiger partial charge on any atom is 0.330 e. The molecule has 0 aliphatic rings. The number of nitrogens with zero attached hydrogens (tertiary/aromatic N) is 5. The quantitative estimate of drug-likeness (QED) is 0.533. The first-order valence-electron chi connectivity index (χ1n) is 9.18. The van der Waals surface area contributed by atoms with E-state index in [4.69, 9.17) is 4.52 Å². The van der Waals surface area contributed by atoms with Crippen LogP contribution in [0.5, 0.6) is 0 Å². The van der Waals surface area contributed by atoms with Crippen LogP contribution in [0.3, 0.4) is 0 Å². The summed E-state index contributed by atoms with van der Waals surface area (Å²) in [6, 6.07) is 11.4. The van der Waals surface area contributed by atoms with Crippen LogP contribution in [0.25, 0.3) is 22.4 Å². The summed E-state index contributed by atoms with van der Waals surface area (Å²) < 4.78 is 9.50. The maximum absolute atomic E-state index is 12.7. The number of aromatic nitrogens is 5. The first-order valence-corrected chi connectivity index (χ1v) is 9.18. The van der Waals surface area contributed by atoms with Crippen molar-refractivity contribution in [2.75, 3.05) is 0 Å². The molecule has 0 bridgehead atoms. The molecule has 0 fully saturated rings. The third-order valence-corrected chi connectivity index (χ3v) is 5.05. The normalized spacial score (nSPS) is 11.2. The lowest BCUT2D eigenvalue weighted by Gasteiger charge is -2.12. The number of rotatable bonds is 4. The molecule has 0 saturated carbocycles. The number of hydrogen-bond acceptors (Lipinski definition) is 5. The van der Waals surface area contributed by atoms with Crippen LogP contribution in [0, 0.1) is 13.8 Å². The molecule has 1 aromatic carbocycles. The minimum Gasteiger partial charge on any atom is -0.361 e. The van der Waals surface area contributed by atoms with Gasteiger partial charge in [-0.2, -0.15) is 5.10 Å². The van der Waals surface area contributed by atoms with Crippen molar-refractivity contribution in [1.29, 1.82) is 0 Å². The lowest BCUT2D eigenvalue weighted by molar-refractivity contribution is 0.388. The Morgan fingerprint density at radius 2 is 1.76 bits per heavy atom. The van der Waals surface area contributed by atoms with Gasteiger partial charge in [0.05, 0.1) is 17.8 Å². The molecular weight excluding hydrogens is 370 g/mol. The van der Waals surface area contributed by atoms with Crippen molar-refractivity contribution < 1.29 is 4.52 Å². The van der Waals surface area contributed by atoms with Crippen molar-refractivity contribution in [3.63, 3.8) is 0 Å². The Morgan fingerprint density at radius 1 is 1.00 bits per heavy atom. The molecule has 0 spiro atoms. The van der Waals surface area contributed by atoms with Gasteiger partial charge in [0.25, 0.3) is 5.56 Å². The van der Waals surface area contributed by atoms with E-state index in [1.165, 1.54) is 11.6 Å². The molecule has 3 aromatic heterocycles. The van der Waals surface area contributed by atoms with Gasteiger partial charge in [-0.25, -0.2) is 4.79 Å². The first-order chi connectivity index (χ1) is 13.8. The third kappa shape index (κ3) is 3.33. The molecule has 4 aromatic rings. The van der Waals surface area contributed by atoms with Crippen LogP contribution in [0.4, 0.5) is 0 Å². The Hall–Kier alpha value is -3.68. The van der Waals surface area contributed by atoms with Crippen LogP contribution in [-0.2, 0) is 20.6 Å². The van der Waals surface area contributed by atoms with Crippen molar-refractivity contribution in [3.8, 4) is 22.4 Å². The molecule has 29 heavy (non-hydrogen) atoms. The van der Waals surface area contributed by atoms with Gasteiger partial charge in [-0.1, -0.05) is 23.4 Å². The highest BCUT2D eigenvalue weighted by atomic mass is 16.5. The maximum atomic E-state index is 12.7. The highest BCUT2D eigenvalue weighted by molar-refractivity contribution is 5.72. The van der Waals surface area contributed by atoms with Crippen LogP contribution in [0.15, 0.2) is 56.7 Å². The van der Waals surface area contributed by atoms with Crippen LogP contribution in [0.2, 0.25) is 0 Å². The Morgan fingerprint density at radius 3 is 2.48 bits per heavy atom. The van der Waals surface area contributed by atoms with Crippen LogP contribution in [-0.4, -0.2) is 24.1 Å². The van der Waals surface area contributed by atoms with E-state index in [2.05, 4.69) is 10.3 Å². The van der Waals surface area contributed by atoms with E-state index >= 15 is 0 Å². The molecule has 148 valence electrons. The fourth-order valence-electron chi connectivity index (χ4n) is 3.37. The van der Waals surface area contributed by atoms with Crippen molar-refractivity contribution in [2.24, 2.45) is 14.1 Å². The first kappa shape index (κ1) is 18.7. The molecular formula is C21H21N5O3. The summed E-state index contributed by atoms with van der Waals surface area (Å²) >= 11 is 0. The molecule has 0 radical (unpaired) electrons. The van der Waals surface area contributed by atoms with Gasteiger partial charge < -0.3 is 9.09 Å². The van der Waals surface area contributed by atoms with Gasteiger partial charge in [0.15, 0.2) is 0 Å². The predicted molar refractivity (Wildman–Crippen MR) is 109 cm³/mol. The molecule has 8 heteroatoms. The van der Waals surface area contributed by atoms with Gasteiger partial charge in [0.2, 0.25) is 0 Å². The molecule has 0 N–H and O–H groups in total. The Balaban J connectivity index is 1.73. The molecule has 8 nitrogen and oxygen atoms in total. The van der Waals surface area contributed by atoms with E-state index in [1.54, 1.807) is 18.7 Å². The molecule has 0 saturated heterocycles. The second kappa shape index (κ2) is 7.05. The van der Waals surface area contributed by atoms with Crippen LogP contribution >= 0.6 is 0 Å². The van der Waals surface area contributed by atoms with E-state index in [1.807, 2.05) is 49.5 Å². The molecule has 4 rings (SSSR count). The highest BCUT2D eigenvalue weighted by Crippen LogP contribution is 2.25. The van der Waals surface area contributed by atoms with E-state index in [9.17, 15) is 9.59 Å². The van der Waals surface area contributed by atoms with Gasteiger partial charge in [-0.05, 0) is 31.5 Å². The topological polar surface area (TPSA) is 87.9 Å². The molecule has 0 atom stereocenters. The van der Waals surface area contributed by atoms with Crippen molar-refractivity contribution >= 4 is 0 Å². The van der Waals surface area contributed by atoms with Gasteiger partial charge in [0, 0.05) is 37.6 Å². The van der Waals surface area contributed by atoms with Crippen molar-refractivity contribution in [2.45, 2.75) is 20.4 Å². The van der Waals surface area contributed by atoms with Gasteiger partial charge in [0.1, 0.15) is 11.5 Å². The predicted octanol–water partition coefficient (Wildman–Crippen LogP) is 2.27. The smallest absolute Gasteiger partial charge is 0.330 e. The molecule has 0 amide bonds. The van der Waals surface area contributed by atoms with Crippen molar-refractivity contribution in [1.82, 2.24) is 24.1 Å². The Bertz CT molecular complexity index is 1320. The molecule has 0 aliphatic heterocycles. The SMILES string of the molecule is Cc1cc(Cn2ccc(-c3cccc(-c4c(C)n(C)c(=O)n(C)c4=O)c3)n2)no1. The number of hydrogen-bond donors (Lipinski definition) is 0. The van der Waals surface area contributed by atoms with E-state index < -0.39 is 0 Å². The summed E-state index contributed by atoms with van der Waals surface area (Å²) in [7, 11) is 3.16. The average molecular weight is 391 g/mol. The minimum atomic E-state index is -0.339.